The predicted molar refractivity (Wildman–Crippen MR) is 127 cm³/mol. The summed E-state index contributed by atoms with van der Waals surface area (Å²) in [7, 11) is 0. The van der Waals surface area contributed by atoms with Crippen LogP contribution in [0.2, 0.25) is 5.02 Å². The van der Waals surface area contributed by atoms with Crippen molar-refractivity contribution in [2.45, 2.75) is 51.4 Å². The number of allylic oxidation sites excluding steroid dienone is 1. The van der Waals surface area contributed by atoms with Crippen LogP contribution in [-0.4, -0.2) is 48.4 Å². The van der Waals surface area contributed by atoms with E-state index in [0.29, 0.717) is 23.6 Å². The first-order valence-corrected chi connectivity index (χ1v) is 11.2. The molecule has 0 radical (unpaired) electrons. The molecule has 4 atom stereocenters. The quantitative estimate of drug-likeness (QED) is 0.416. The molecular weight excluding hydrogens is 430 g/mol. The first kappa shape index (κ1) is 25.8. The van der Waals surface area contributed by atoms with Gasteiger partial charge in [-0.25, -0.2) is 0 Å². The van der Waals surface area contributed by atoms with Crippen LogP contribution in [0.25, 0.3) is 0 Å². The zero-order chi connectivity index (χ0) is 23.7. The van der Waals surface area contributed by atoms with Gasteiger partial charge in [0.2, 0.25) is 0 Å². The van der Waals surface area contributed by atoms with Crippen LogP contribution in [-0.2, 0) is 25.5 Å². The number of anilines is 1. The molecule has 174 valence electrons. The fraction of sp³-hybridized carbons (Fsp3) is 0.440. The molecule has 0 saturated heterocycles. The molecule has 1 aromatic carbocycles. The van der Waals surface area contributed by atoms with Gasteiger partial charge in [0, 0.05) is 29.6 Å². The number of ether oxygens (including phenoxy) is 2. The Labute approximate surface area is 195 Å². The van der Waals surface area contributed by atoms with E-state index in [-0.39, 0.29) is 31.4 Å². The number of benzene rings is 1. The highest BCUT2D eigenvalue weighted by Crippen LogP contribution is 2.33. The summed E-state index contributed by atoms with van der Waals surface area (Å²) in [6, 6.07) is 5.34. The SMILES string of the molecule is C=CCN1C(=O)C(CC(=O)OCC)OC(C(/C=C\C)CC(O)C=C)Cc2cc(Cl)ccc21. The second kappa shape index (κ2) is 12.6. The number of esters is 1. The van der Waals surface area contributed by atoms with Crippen molar-refractivity contribution in [1.82, 2.24) is 0 Å². The third kappa shape index (κ3) is 6.79. The molecule has 4 unspecified atom stereocenters. The van der Waals surface area contributed by atoms with Crippen molar-refractivity contribution in [2.24, 2.45) is 5.92 Å². The molecule has 2 rings (SSSR count). The van der Waals surface area contributed by atoms with Gasteiger partial charge in [-0.3, -0.25) is 9.59 Å². The van der Waals surface area contributed by atoms with Gasteiger partial charge in [-0.05, 0) is 44.0 Å². The minimum Gasteiger partial charge on any atom is -0.466 e. The van der Waals surface area contributed by atoms with Gasteiger partial charge in [0.1, 0.15) is 6.10 Å². The first-order valence-electron chi connectivity index (χ1n) is 10.8. The number of aliphatic hydroxyl groups excluding tert-OH is 1. The van der Waals surface area contributed by atoms with E-state index in [0.717, 1.165) is 5.56 Å². The topological polar surface area (TPSA) is 76.1 Å². The number of aliphatic hydroxyl groups is 1. The summed E-state index contributed by atoms with van der Waals surface area (Å²) in [4.78, 5) is 27.3. The fourth-order valence-corrected chi connectivity index (χ4v) is 4.06. The van der Waals surface area contributed by atoms with Gasteiger partial charge in [-0.2, -0.15) is 0 Å². The summed E-state index contributed by atoms with van der Waals surface area (Å²) in [6.07, 6.45) is 5.28. The van der Waals surface area contributed by atoms with Crippen LogP contribution < -0.4 is 4.90 Å². The van der Waals surface area contributed by atoms with Crippen LogP contribution in [0.5, 0.6) is 0 Å². The molecule has 0 fully saturated rings. The third-order valence-electron chi connectivity index (χ3n) is 5.31. The minimum absolute atomic E-state index is 0.202. The highest BCUT2D eigenvalue weighted by atomic mass is 35.5. The Kier molecular flexibility index (Phi) is 10.2. The lowest BCUT2D eigenvalue weighted by Crippen LogP contribution is -2.47. The average Bonchev–Trinajstić information content (AvgIpc) is 2.75. The van der Waals surface area contributed by atoms with Gasteiger partial charge in [-0.1, -0.05) is 35.9 Å². The molecule has 1 N–H and O–H groups in total. The van der Waals surface area contributed by atoms with Gasteiger partial charge in [-0.15, -0.1) is 13.2 Å². The van der Waals surface area contributed by atoms with E-state index in [1.54, 1.807) is 30.0 Å². The van der Waals surface area contributed by atoms with E-state index in [1.165, 1.54) is 6.08 Å². The second-order valence-corrected chi connectivity index (χ2v) is 8.05. The Morgan fingerprint density at radius 1 is 1.44 bits per heavy atom. The monoisotopic (exact) mass is 461 g/mol. The summed E-state index contributed by atoms with van der Waals surface area (Å²) in [5.41, 5.74) is 1.54. The summed E-state index contributed by atoms with van der Waals surface area (Å²) >= 11 is 6.27. The molecule has 32 heavy (non-hydrogen) atoms. The van der Waals surface area contributed by atoms with Gasteiger partial charge in [0.25, 0.3) is 5.91 Å². The number of carbonyl (C=O) groups is 2. The third-order valence-corrected chi connectivity index (χ3v) is 5.54. The Morgan fingerprint density at radius 3 is 2.81 bits per heavy atom. The molecule has 1 amide bonds. The van der Waals surface area contributed by atoms with Crippen LogP contribution >= 0.6 is 11.6 Å². The maximum atomic E-state index is 13.5. The number of nitrogens with zero attached hydrogens (tertiary/aromatic N) is 1. The molecule has 1 aliphatic heterocycles. The second-order valence-electron chi connectivity index (χ2n) is 7.62. The molecule has 1 aromatic rings. The number of carbonyl (C=O) groups excluding carboxylic acids is 2. The van der Waals surface area contributed by atoms with Crippen LogP contribution in [0, 0.1) is 5.92 Å². The van der Waals surface area contributed by atoms with Crippen molar-refractivity contribution >= 4 is 29.2 Å². The first-order chi connectivity index (χ1) is 15.3. The van der Waals surface area contributed by atoms with Gasteiger partial charge in [0.15, 0.2) is 0 Å². The van der Waals surface area contributed by atoms with Crippen LogP contribution in [0.1, 0.15) is 32.3 Å². The summed E-state index contributed by atoms with van der Waals surface area (Å²) < 4.78 is 11.4. The summed E-state index contributed by atoms with van der Waals surface area (Å²) in [5, 5.41) is 10.8. The molecule has 0 bridgehead atoms. The molecule has 1 heterocycles. The zero-order valence-electron chi connectivity index (χ0n) is 18.7. The van der Waals surface area contributed by atoms with E-state index in [2.05, 4.69) is 13.2 Å². The lowest BCUT2D eigenvalue weighted by molar-refractivity contribution is -0.154. The molecule has 0 aromatic heterocycles. The average molecular weight is 462 g/mol. The molecule has 1 aliphatic rings. The maximum Gasteiger partial charge on any atom is 0.308 e. The van der Waals surface area contributed by atoms with E-state index >= 15 is 0 Å². The van der Waals surface area contributed by atoms with E-state index < -0.39 is 24.3 Å². The van der Waals surface area contributed by atoms with Crippen LogP contribution in [0.15, 0.2) is 55.7 Å². The van der Waals surface area contributed by atoms with Crippen LogP contribution in [0.3, 0.4) is 0 Å². The van der Waals surface area contributed by atoms with E-state index in [1.807, 2.05) is 25.1 Å². The van der Waals surface area contributed by atoms with Crippen LogP contribution in [0.4, 0.5) is 5.69 Å². The van der Waals surface area contributed by atoms with Gasteiger partial charge < -0.3 is 19.5 Å². The molecule has 0 aliphatic carbocycles. The lowest BCUT2D eigenvalue weighted by Gasteiger charge is -2.36. The van der Waals surface area contributed by atoms with Gasteiger partial charge >= 0.3 is 5.97 Å². The minimum atomic E-state index is -1.03. The lowest BCUT2D eigenvalue weighted by atomic mass is 9.89. The molecule has 7 heteroatoms. The number of hydrogen-bond donors (Lipinski definition) is 1. The highest BCUT2D eigenvalue weighted by molar-refractivity contribution is 6.30. The Hall–Kier alpha value is -2.41. The number of rotatable bonds is 10. The van der Waals surface area contributed by atoms with Crippen molar-refractivity contribution in [3.05, 3.63) is 66.2 Å². The van der Waals surface area contributed by atoms with Crippen molar-refractivity contribution in [2.75, 3.05) is 18.1 Å². The molecular formula is C25H32ClNO5. The Balaban J connectivity index is 2.55. The number of fused-ring (bicyclic) bond motifs is 1. The van der Waals surface area contributed by atoms with Crippen molar-refractivity contribution in [1.29, 1.82) is 0 Å². The number of hydrogen-bond acceptors (Lipinski definition) is 5. The normalized spacial score (nSPS) is 20.8. The molecule has 0 spiro atoms. The number of halogens is 1. The van der Waals surface area contributed by atoms with Crippen molar-refractivity contribution < 1.29 is 24.2 Å². The smallest absolute Gasteiger partial charge is 0.308 e. The van der Waals surface area contributed by atoms with Gasteiger partial charge in [0.05, 0.1) is 25.2 Å². The summed E-state index contributed by atoms with van der Waals surface area (Å²) in [6.45, 7) is 11.5. The zero-order valence-corrected chi connectivity index (χ0v) is 19.5. The van der Waals surface area contributed by atoms with E-state index in [4.69, 9.17) is 21.1 Å². The summed E-state index contributed by atoms with van der Waals surface area (Å²) in [5.74, 6) is -1.08. The van der Waals surface area contributed by atoms with Crippen molar-refractivity contribution in [3.63, 3.8) is 0 Å². The maximum absolute atomic E-state index is 13.5. The standard InChI is InChI=1S/C25H32ClNO5/c1-5-9-17(14-20(28)7-3)22-15-18-13-19(26)10-11-21(18)27(12-6-2)25(30)23(32-22)16-24(29)31-8-4/h5-7,9-11,13,17,20,22-23,28H,2-3,8,12,14-16H2,1,4H3/b9-5-. The Morgan fingerprint density at radius 2 is 2.19 bits per heavy atom. The fourth-order valence-electron chi connectivity index (χ4n) is 3.86. The van der Waals surface area contributed by atoms with E-state index in [9.17, 15) is 14.7 Å². The van der Waals surface area contributed by atoms with Crippen molar-refractivity contribution in [3.8, 4) is 0 Å². The highest BCUT2D eigenvalue weighted by Gasteiger charge is 2.37. The predicted octanol–water partition coefficient (Wildman–Crippen LogP) is 4.25. The molecule has 6 nitrogen and oxygen atoms in total. The largest absolute Gasteiger partial charge is 0.466 e. The molecule has 0 saturated carbocycles. The Bertz CT molecular complexity index is 853. The number of amides is 1.